The van der Waals surface area contributed by atoms with Crippen LogP contribution in [0, 0.1) is 20.2 Å². The summed E-state index contributed by atoms with van der Waals surface area (Å²) in [4.78, 5) is 19.5. The van der Waals surface area contributed by atoms with Crippen LogP contribution in [0.1, 0.15) is 5.56 Å². The molecular weight excluding hydrogens is 492 g/mol. The molecule has 0 heterocycles. The zero-order chi connectivity index (χ0) is 24.9. The minimum atomic E-state index is -4.32. The number of benzene rings is 3. The highest BCUT2D eigenvalue weighted by molar-refractivity contribution is 7.87. The van der Waals surface area contributed by atoms with Gasteiger partial charge in [0, 0.05) is 24.3 Å². The van der Waals surface area contributed by atoms with E-state index in [1.165, 1.54) is 42.5 Å². The second-order valence-electron chi connectivity index (χ2n) is 6.72. The SMILES string of the molecule is O=[N+]([O-])c1cccc(S(=O)(=O)OCCc2ccc(OS(=O)(=O)c3cccc([N+](=O)[O-])c3)cc2)c1. The normalized spacial score (nSPS) is 11.6. The molecule has 34 heavy (non-hydrogen) atoms. The van der Waals surface area contributed by atoms with Crippen LogP contribution in [-0.2, 0) is 30.8 Å². The highest BCUT2D eigenvalue weighted by Gasteiger charge is 2.21. The van der Waals surface area contributed by atoms with E-state index in [4.69, 9.17) is 8.37 Å². The van der Waals surface area contributed by atoms with E-state index in [9.17, 15) is 37.1 Å². The molecule has 0 aliphatic carbocycles. The molecule has 0 aliphatic rings. The van der Waals surface area contributed by atoms with Crippen molar-refractivity contribution in [2.75, 3.05) is 6.61 Å². The minimum Gasteiger partial charge on any atom is -0.379 e. The number of rotatable bonds is 10. The molecule has 0 unspecified atom stereocenters. The van der Waals surface area contributed by atoms with Crippen LogP contribution in [0.15, 0.2) is 82.6 Å². The second kappa shape index (κ2) is 9.94. The van der Waals surface area contributed by atoms with E-state index >= 15 is 0 Å². The van der Waals surface area contributed by atoms with Gasteiger partial charge in [-0.05, 0) is 36.2 Å². The molecule has 178 valence electrons. The zero-order valence-corrected chi connectivity index (χ0v) is 18.8. The number of nitro groups is 2. The van der Waals surface area contributed by atoms with Gasteiger partial charge in [0.05, 0.1) is 16.5 Å². The van der Waals surface area contributed by atoms with E-state index in [1.54, 1.807) is 0 Å². The third-order valence-electron chi connectivity index (χ3n) is 4.39. The molecule has 0 aromatic heterocycles. The van der Waals surface area contributed by atoms with Crippen molar-refractivity contribution in [3.63, 3.8) is 0 Å². The predicted octanol–water partition coefficient (Wildman–Crippen LogP) is 3.22. The van der Waals surface area contributed by atoms with Crippen LogP contribution in [0.4, 0.5) is 11.4 Å². The molecule has 0 N–H and O–H groups in total. The fraction of sp³-hybridized carbons (Fsp3) is 0.100. The van der Waals surface area contributed by atoms with Crippen molar-refractivity contribution < 1.29 is 35.0 Å². The Bertz CT molecular complexity index is 1440. The summed E-state index contributed by atoms with van der Waals surface area (Å²) < 4.78 is 59.1. The molecule has 14 heteroatoms. The maximum absolute atomic E-state index is 12.4. The Kier molecular flexibility index (Phi) is 7.24. The first kappa shape index (κ1) is 24.8. The third-order valence-corrected chi connectivity index (χ3v) is 6.94. The summed E-state index contributed by atoms with van der Waals surface area (Å²) in [5.74, 6) is -0.0552. The first-order chi connectivity index (χ1) is 16.0. The van der Waals surface area contributed by atoms with Gasteiger partial charge in [-0.3, -0.25) is 24.4 Å². The quantitative estimate of drug-likeness (QED) is 0.225. The Morgan fingerprint density at radius 1 is 0.706 bits per heavy atom. The van der Waals surface area contributed by atoms with Crippen molar-refractivity contribution >= 4 is 31.6 Å². The average Bonchev–Trinajstić information content (AvgIpc) is 2.80. The Morgan fingerprint density at radius 3 is 1.71 bits per heavy atom. The predicted molar refractivity (Wildman–Crippen MR) is 117 cm³/mol. The molecule has 0 spiro atoms. The van der Waals surface area contributed by atoms with Crippen molar-refractivity contribution in [2.24, 2.45) is 0 Å². The highest BCUT2D eigenvalue weighted by atomic mass is 32.2. The van der Waals surface area contributed by atoms with Crippen molar-refractivity contribution in [1.29, 1.82) is 0 Å². The second-order valence-corrected chi connectivity index (χ2v) is 9.88. The topological polar surface area (TPSA) is 173 Å². The smallest absolute Gasteiger partial charge is 0.339 e. The lowest BCUT2D eigenvalue weighted by atomic mass is 10.2. The molecule has 0 atom stereocenters. The van der Waals surface area contributed by atoms with Crippen LogP contribution in [0.25, 0.3) is 0 Å². The largest absolute Gasteiger partial charge is 0.379 e. The zero-order valence-electron chi connectivity index (χ0n) is 17.1. The van der Waals surface area contributed by atoms with E-state index < -0.39 is 35.8 Å². The van der Waals surface area contributed by atoms with Crippen LogP contribution in [0.5, 0.6) is 5.75 Å². The standard InChI is InChI=1S/C20H16N2O10S2/c23-21(24)16-3-1-5-19(13-16)33(27,28)31-12-11-15-7-9-18(10-8-15)32-34(29,30)20-6-2-4-17(14-20)22(25)26/h1-10,13-14H,11-12H2. The molecule has 0 fully saturated rings. The Morgan fingerprint density at radius 2 is 1.21 bits per heavy atom. The van der Waals surface area contributed by atoms with E-state index in [1.807, 2.05) is 0 Å². The fourth-order valence-corrected chi connectivity index (χ4v) is 4.65. The van der Waals surface area contributed by atoms with E-state index in [-0.39, 0.29) is 34.3 Å². The number of nitro benzene ring substituents is 2. The first-order valence-electron chi connectivity index (χ1n) is 9.40. The van der Waals surface area contributed by atoms with Gasteiger partial charge in [0.1, 0.15) is 15.5 Å². The van der Waals surface area contributed by atoms with Gasteiger partial charge in [-0.25, -0.2) is 0 Å². The first-order valence-corrected chi connectivity index (χ1v) is 12.2. The highest BCUT2D eigenvalue weighted by Crippen LogP contribution is 2.23. The van der Waals surface area contributed by atoms with E-state index in [0.717, 1.165) is 30.3 Å². The lowest BCUT2D eigenvalue weighted by Gasteiger charge is -2.08. The van der Waals surface area contributed by atoms with E-state index in [0.29, 0.717) is 5.56 Å². The van der Waals surface area contributed by atoms with Crippen LogP contribution in [-0.4, -0.2) is 33.3 Å². The van der Waals surface area contributed by atoms with Gasteiger partial charge in [-0.15, -0.1) is 0 Å². The summed E-state index contributed by atoms with van der Waals surface area (Å²) in [7, 11) is -8.53. The molecule has 12 nitrogen and oxygen atoms in total. The van der Waals surface area contributed by atoms with Crippen LogP contribution >= 0.6 is 0 Å². The van der Waals surface area contributed by atoms with Crippen LogP contribution < -0.4 is 4.18 Å². The van der Waals surface area contributed by atoms with Crippen LogP contribution in [0.2, 0.25) is 0 Å². The Labute approximate surface area is 193 Å². The molecule has 0 saturated heterocycles. The van der Waals surface area contributed by atoms with Gasteiger partial charge >= 0.3 is 10.1 Å². The Balaban J connectivity index is 1.62. The summed E-state index contributed by atoms with van der Waals surface area (Å²) in [5.41, 5.74) is -0.199. The van der Waals surface area contributed by atoms with Gasteiger partial charge in [0.2, 0.25) is 0 Å². The van der Waals surface area contributed by atoms with Crippen molar-refractivity contribution in [2.45, 2.75) is 16.2 Å². The van der Waals surface area contributed by atoms with Crippen molar-refractivity contribution in [1.82, 2.24) is 0 Å². The molecule has 3 rings (SSSR count). The van der Waals surface area contributed by atoms with Gasteiger partial charge in [-0.1, -0.05) is 24.3 Å². The molecule has 0 aliphatic heterocycles. The number of nitrogens with zero attached hydrogens (tertiary/aromatic N) is 2. The maximum Gasteiger partial charge on any atom is 0.339 e. The van der Waals surface area contributed by atoms with Gasteiger partial charge < -0.3 is 4.18 Å². The molecule has 0 radical (unpaired) electrons. The lowest BCUT2D eigenvalue weighted by Crippen LogP contribution is -2.10. The summed E-state index contributed by atoms with van der Waals surface area (Å²) in [6, 6.07) is 14.5. The molecular formula is C20H16N2O10S2. The molecule has 0 bridgehead atoms. The molecule has 0 amide bonds. The summed E-state index contributed by atoms with van der Waals surface area (Å²) in [6.07, 6.45) is 0.131. The summed E-state index contributed by atoms with van der Waals surface area (Å²) in [5, 5.41) is 21.7. The Hall–Kier alpha value is -3.88. The summed E-state index contributed by atoms with van der Waals surface area (Å²) in [6.45, 7) is -0.267. The fourth-order valence-electron chi connectivity index (χ4n) is 2.73. The molecule has 3 aromatic rings. The van der Waals surface area contributed by atoms with Crippen molar-refractivity contribution in [3.05, 3.63) is 98.6 Å². The van der Waals surface area contributed by atoms with Crippen molar-refractivity contribution in [3.8, 4) is 5.75 Å². The van der Waals surface area contributed by atoms with Gasteiger partial charge in [-0.2, -0.15) is 16.8 Å². The number of non-ortho nitro benzene ring substituents is 2. The molecule has 3 aromatic carbocycles. The third kappa shape index (κ3) is 6.12. The van der Waals surface area contributed by atoms with Gasteiger partial charge in [0.25, 0.3) is 21.5 Å². The molecule has 0 saturated carbocycles. The monoisotopic (exact) mass is 508 g/mol. The van der Waals surface area contributed by atoms with E-state index in [2.05, 4.69) is 0 Å². The number of hydrogen-bond donors (Lipinski definition) is 0. The lowest BCUT2D eigenvalue weighted by molar-refractivity contribution is -0.385. The maximum atomic E-state index is 12.4. The van der Waals surface area contributed by atoms with Gasteiger partial charge in [0.15, 0.2) is 0 Å². The summed E-state index contributed by atoms with van der Waals surface area (Å²) >= 11 is 0. The average molecular weight is 508 g/mol. The van der Waals surface area contributed by atoms with Crippen LogP contribution in [0.3, 0.4) is 0 Å². The minimum absolute atomic E-state index is 0.0552. The number of hydrogen-bond acceptors (Lipinski definition) is 10.